The smallest absolute Gasteiger partial charge is 0.272 e. The summed E-state index contributed by atoms with van der Waals surface area (Å²) in [5.74, 6) is 0.859. The summed E-state index contributed by atoms with van der Waals surface area (Å²) in [6.45, 7) is 5.75. The van der Waals surface area contributed by atoms with Gasteiger partial charge < -0.3 is 14.8 Å². The number of nitrogens with one attached hydrogen (secondary N) is 1. The molecule has 7 heteroatoms. The van der Waals surface area contributed by atoms with E-state index in [0.29, 0.717) is 17.2 Å². The Hall–Kier alpha value is -3.61. The van der Waals surface area contributed by atoms with Crippen LogP contribution in [-0.4, -0.2) is 28.9 Å². The van der Waals surface area contributed by atoms with Gasteiger partial charge in [0.15, 0.2) is 11.5 Å². The molecule has 0 spiro atoms. The SMILES string of the molecule is COc1cc(C(C)NC(=O)c2ccc(=O)n(-c3ccccc3)n2)ccc1OC(C)C. The van der Waals surface area contributed by atoms with Crippen LogP contribution in [0, 0.1) is 0 Å². The van der Waals surface area contributed by atoms with Crippen LogP contribution in [0.15, 0.2) is 65.5 Å². The Morgan fingerprint density at radius 2 is 1.73 bits per heavy atom. The molecule has 1 N–H and O–H groups in total. The minimum absolute atomic E-state index is 0.0215. The molecule has 0 radical (unpaired) electrons. The Morgan fingerprint density at radius 3 is 2.40 bits per heavy atom. The summed E-state index contributed by atoms with van der Waals surface area (Å²) >= 11 is 0. The van der Waals surface area contributed by atoms with Gasteiger partial charge in [-0.3, -0.25) is 9.59 Å². The maximum absolute atomic E-state index is 12.7. The van der Waals surface area contributed by atoms with E-state index in [-0.39, 0.29) is 29.3 Å². The van der Waals surface area contributed by atoms with E-state index in [2.05, 4.69) is 10.4 Å². The summed E-state index contributed by atoms with van der Waals surface area (Å²) in [5, 5.41) is 7.13. The number of ether oxygens (including phenoxy) is 2. The lowest BCUT2D eigenvalue weighted by atomic mass is 10.1. The van der Waals surface area contributed by atoms with Crippen molar-refractivity contribution in [3.8, 4) is 17.2 Å². The lowest BCUT2D eigenvalue weighted by molar-refractivity contribution is 0.0933. The topological polar surface area (TPSA) is 82.5 Å². The number of rotatable bonds is 7. The van der Waals surface area contributed by atoms with Crippen LogP contribution in [0.3, 0.4) is 0 Å². The second kappa shape index (κ2) is 9.26. The second-order valence-electron chi connectivity index (χ2n) is 7.08. The molecule has 3 aromatic rings. The highest BCUT2D eigenvalue weighted by Crippen LogP contribution is 2.31. The summed E-state index contributed by atoms with van der Waals surface area (Å²) in [4.78, 5) is 24.9. The third-order valence-electron chi connectivity index (χ3n) is 4.43. The van der Waals surface area contributed by atoms with Gasteiger partial charge in [-0.15, -0.1) is 0 Å². The molecular formula is C23H25N3O4. The number of hydrogen-bond acceptors (Lipinski definition) is 5. The van der Waals surface area contributed by atoms with Gasteiger partial charge in [0.1, 0.15) is 5.69 Å². The van der Waals surface area contributed by atoms with Gasteiger partial charge in [0.2, 0.25) is 0 Å². The summed E-state index contributed by atoms with van der Waals surface area (Å²) in [6.07, 6.45) is 0.0215. The van der Waals surface area contributed by atoms with Crippen LogP contribution >= 0.6 is 0 Å². The van der Waals surface area contributed by atoms with E-state index in [1.54, 1.807) is 31.4 Å². The monoisotopic (exact) mass is 407 g/mol. The molecule has 0 aliphatic carbocycles. The highest BCUT2D eigenvalue weighted by molar-refractivity contribution is 5.92. The predicted octanol–water partition coefficient (Wildman–Crippen LogP) is 3.52. The van der Waals surface area contributed by atoms with Gasteiger partial charge in [-0.05, 0) is 56.7 Å². The van der Waals surface area contributed by atoms with Crippen molar-refractivity contribution >= 4 is 5.91 Å². The van der Waals surface area contributed by atoms with Crippen LogP contribution in [0.1, 0.15) is 42.9 Å². The molecule has 1 aromatic heterocycles. The van der Waals surface area contributed by atoms with E-state index in [4.69, 9.17) is 9.47 Å². The summed E-state index contributed by atoms with van der Waals surface area (Å²) in [7, 11) is 1.58. The largest absolute Gasteiger partial charge is 0.493 e. The van der Waals surface area contributed by atoms with Crippen molar-refractivity contribution in [2.45, 2.75) is 32.9 Å². The number of para-hydroxylation sites is 1. The number of benzene rings is 2. The Kier molecular flexibility index (Phi) is 6.51. The predicted molar refractivity (Wildman–Crippen MR) is 114 cm³/mol. The first-order chi connectivity index (χ1) is 14.4. The molecule has 0 bridgehead atoms. The molecule has 30 heavy (non-hydrogen) atoms. The lowest BCUT2D eigenvalue weighted by Gasteiger charge is -2.18. The van der Waals surface area contributed by atoms with Crippen LogP contribution in [0.5, 0.6) is 11.5 Å². The van der Waals surface area contributed by atoms with Crippen LogP contribution in [0.25, 0.3) is 5.69 Å². The molecule has 0 fully saturated rings. The van der Waals surface area contributed by atoms with Gasteiger partial charge in [0.05, 0.1) is 24.9 Å². The van der Waals surface area contributed by atoms with Crippen LogP contribution in [0.2, 0.25) is 0 Å². The molecule has 1 unspecified atom stereocenters. The average Bonchev–Trinajstić information content (AvgIpc) is 2.74. The zero-order valence-electron chi connectivity index (χ0n) is 17.5. The van der Waals surface area contributed by atoms with Crippen molar-refractivity contribution in [3.05, 3.63) is 82.3 Å². The third-order valence-corrected chi connectivity index (χ3v) is 4.43. The molecular weight excluding hydrogens is 382 g/mol. The molecule has 0 aliphatic rings. The average molecular weight is 407 g/mol. The zero-order chi connectivity index (χ0) is 21.7. The summed E-state index contributed by atoms with van der Waals surface area (Å²) in [5.41, 5.74) is 1.29. The number of aromatic nitrogens is 2. The molecule has 0 saturated heterocycles. The Labute approximate surface area is 175 Å². The molecule has 1 heterocycles. The molecule has 1 amide bonds. The van der Waals surface area contributed by atoms with Crippen LogP contribution in [-0.2, 0) is 0 Å². The maximum atomic E-state index is 12.7. The first kappa shape index (κ1) is 21.1. The minimum Gasteiger partial charge on any atom is -0.493 e. The van der Waals surface area contributed by atoms with E-state index in [9.17, 15) is 9.59 Å². The number of hydrogen-bond donors (Lipinski definition) is 1. The fourth-order valence-electron chi connectivity index (χ4n) is 2.95. The van der Waals surface area contributed by atoms with Gasteiger partial charge >= 0.3 is 0 Å². The number of carbonyl (C=O) groups is 1. The van der Waals surface area contributed by atoms with Gasteiger partial charge in [0, 0.05) is 6.07 Å². The summed E-state index contributed by atoms with van der Waals surface area (Å²) < 4.78 is 12.4. The lowest BCUT2D eigenvalue weighted by Crippen LogP contribution is -2.30. The first-order valence-electron chi connectivity index (χ1n) is 9.70. The first-order valence-corrected chi connectivity index (χ1v) is 9.70. The number of methoxy groups -OCH3 is 1. The van der Waals surface area contributed by atoms with Gasteiger partial charge in [-0.2, -0.15) is 9.78 Å². The zero-order valence-corrected chi connectivity index (χ0v) is 17.5. The number of amides is 1. The number of carbonyl (C=O) groups excluding carboxylic acids is 1. The highest BCUT2D eigenvalue weighted by Gasteiger charge is 2.16. The molecule has 0 saturated carbocycles. The fraction of sp³-hybridized carbons (Fsp3) is 0.261. The van der Waals surface area contributed by atoms with Crippen molar-refractivity contribution in [3.63, 3.8) is 0 Å². The molecule has 1 atom stereocenters. The van der Waals surface area contributed by atoms with Crippen molar-refractivity contribution in [1.29, 1.82) is 0 Å². The fourth-order valence-corrected chi connectivity index (χ4v) is 2.95. The molecule has 156 valence electrons. The minimum atomic E-state index is -0.381. The van der Waals surface area contributed by atoms with Gasteiger partial charge in [-0.1, -0.05) is 24.3 Å². The van der Waals surface area contributed by atoms with Crippen molar-refractivity contribution < 1.29 is 14.3 Å². The van der Waals surface area contributed by atoms with Gasteiger partial charge in [0.25, 0.3) is 11.5 Å². The molecule has 0 aliphatic heterocycles. The highest BCUT2D eigenvalue weighted by atomic mass is 16.5. The molecule has 7 nitrogen and oxygen atoms in total. The standard InChI is InChI=1S/C23H25N3O4/c1-15(2)30-20-12-10-17(14-21(20)29-4)16(3)24-23(28)19-11-13-22(27)26(25-19)18-8-6-5-7-9-18/h5-16H,1-4H3,(H,24,28). The van der Waals surface area contributed by atoms with Crippen molar-refractivity contribution in [1.82, 2.24) is 15.1 Å². The van der Waals surface area contributed by atoms with Crippen molar-refractivity contribution in [2.24, 2.45) is 0 Å². The maximum Gasteiger partial charge on any atom is 0.272 e. The Bertz CT molecular complexity index is 1080. The number of nitrogens with zero attached hydrogens (tertiary/aromatic N) is 2. The van der Waals surface area contributed by atoms with E-state index in [1.807, 2.05) is 45.0 Å². The third kappa shape index (κ3) is 4.86. The van der Waals surface area contributed by atoms with E-state index in [0.717, 1.165) is 5.56 Å². The Balaban J connectivity index is 1.80. The summed E-state index contributed by atoms with van der Waals surface area (Å²) in [6, 6.07) is 16.9. The van der Waals surface area contributed by atoms with Gasteiger partial charge in [-0.25, -0.2) is 0 Å². The van der Waals surface area contributed by atoms with Crippen molar-refractivity contribution in [2.75, 3.05) is 7.11 Å². The van der Waals surface area contributed by atoms with E-state index < -0.39 is 0 Å². The van der Waals surface area contributed by atoms with Crippen LogP contribution < -0.4 is 20.3 Å². The Morgan fingerprint density at radius 1 is 1.00 bits per heavy atom. The van der Waals surface area contributed by atoms with Crippen LogP contribution in [0.4, 0.5) is 0 Å². The van der Waals surface area contributed by atoms with E-state index >= 15 is 0 Å². The molecule has 3 rings (SSSR count). The quantitative estimate of drug-likeness (QED) is 0.648. The van der Waals surface area contributed by atoms with E-state index in [1.165, 1.54) is 16.8 Å². The second-order valence-corrected chi connectivity index (χ2v) is 7.08. The molecule has 2 aromatic carbocycles. The normalized spacial score (nSPS) is 11.8.